The number of thiophene rings is 1. The van der Waals surface area contributed by atoms with Gasteiger partial charge in [0, 0.05) is 16.5 Å². The molecule has 1 amide bonds. The van der Waals surface area contributed by atoms with Crippen molar-refractivity contribution in [3.63, 3.8) is 0 Å². The predicted octanol–water partition coefficient (Wildman–Crippen LogP) is 2.90. The first kappa shape index (κ1) is 20.9. The van der Waals surface area contributed by atoms with Gasteiger partial charge in [-0.05, 0) is 37.3 Å². The second-order valence-corrected chi connectivity index (χ2v) is 10.8. The van der Waals surface area contributed by atoms with E-state index in [-0.39, 0.29) is 25.3 Å². The molecule has 3 rings (SSSR count). The lowest BCUT2D eigenvalue weighted by Crippen LogP contribution is -2.30. The maximum atomic E-state index is 12.6. The quantitative estimate of drug-likeness (QED) is 0.579. The molecule has 0 spiro atoms. The van der Waals surface area contributed by atoms with E-state index in [1.165, 1.54) is 48.7 Å². The molecule has 1 N–H and O–H groups in total. The summed E-state index contributed by atoms with van der Waals surface area (Å²) in [5.74, 6) is -1.07. The largest absolute Gasteiger partial charge is 0.295 e. The van der Waals surface area contributed by atoms with Crippen molar-refractivity contribution < 1.29 is 26.4 Å². The van der Waals surface area contributed by atoms with E-state index in [9.17, 15) is 26.4 Å². The third kappa shape index (κ3) is 4.44. The Morgan fingerprint density at radius 2 is 1.41 bits per heavy atom. The molecule has 0 aliphatic rings. The SMILES string of the molecule is CC(=O)c1ccc(C(=O)NS(=O)(=O)c2cc(S(=O)(=O)c3ccccc3)cs2)cc1. The van der Waals surface area contributed by atoms with Gasteiger partial charge in [-0.1, -0.05) is 30.3 Å². The van der Waals surface area contributed by atoms with E-state index in [0.29, 0.717) is 16.9 Å². The smallest absolute Gasteiger partial charge is 0.273 e. The number of sulfonamides is 1. The molecular weight excluding hydrogens is 434 g/mol. The zero-order chi connectivity index (χ0) is 21.2. The van der Waals surface area contributed by atoms with Gasteiger partial charge in [-0.3, -0.25) is 9.59 Å². The van der Waals surface area contributed by atoms with Gasteiger partial charge in [-0.2, -0.15) is 0 Å². The monoisotopic (exact) mass is 449 g/mol. The molecule has 0 fully saturated rings. The summed E-state index contributed by atoms with van der Waals surface area (Å²) >= 11 is 0.695. The molecule has 1 heterocycles. The highest BCUT2D eigenvalue weighted by atomic mass is 32.2. The number of carbonyl (C=O) groups excluding carboxylic acids is 2. The first-order chi connectivity index (χ1) is 13.6. The van der Waals surface area contributed by atoms with Crippen LogP contribution >= 0.6 is 11.3 Å². The lowest BCUT2D eigenvalue weighted by atomic mass is 10.1. The molecule has 2 aromatic carbocycles. The summed E-state index contributed by atoms with van der Waals surface area (Å²) in [4.78, 5) is 23.4. The Morgan fingerprint density at radius 1 is 0.828 bits per heavy atom. The number of carbonyl (C=O) groups is 2. The molecule has 10 heteroatoms. The summed E-state index contributed by atoms with van der Waals surface area (Å²) in [6, 6.07) is 14.1. The van der Waals surface area contributed by atoms with Crippen molar-refractivity contribution in [2.24, 2.45) is 0 Å². The molecule has 3 aromatic rings. The molecule has 0 bridgehead atoms. The highest BCUT2D eigenvalue weighted by Gasteiger charge is 2.25. The van der Waals surface area contributed by atoms with Crippen LogP contribution in [0.4, 0.5) is 0 Å². The molecule has 0 radical (unpaired) electrons. The zero-order valence-corrected chi connectivity index (χ0v) is 17.5. The number of nitrogens with one attached hydrogen (secondary N) is 1. The van der Waals surface area contributed by atoms with Gasteiger partial charge in [0.15, 0.2) is 5.78 Å². The summed E-state index contributed by atoms with van der Waals surface area (Å²) in [5, 5.41) is 1.21. The number of hydrogen-bond acceptors (Lipinski definition) is 7. The minimum atomic E-state index is -4.27. The molecule has 1 aromatic heterocycles. The number of Topliss-reactive ketones (excluding diaryl/α,β-unsaturated/α-hetero) is 1. The van der Waals surface area contributed by atoms with Crippen molar-refractivity contribution in [1.82, 2.24) is 4.72 Å². The van der Waals surface area contributed by atoms with Gasteiger partial charge in [0.1, 0.15) is 4.21 Å². The average Bonchev–Trinajstić information content (AvgIpc) is 3.20. The van der Waals surface area contributed by atoms with E-state index in [1.807, 2.05) is 4.72 Å². The number of sulfone groups is 1. The first-order valence-electron chi connectivity index (χ1n) is 8.18. The normalized spacial score (nSPS) is 11.8. The maximum Gasteiger partial charge on any atom is 0.273 e. The molecule has 0 aliphatic heterocycles. The Hall–Kier alpha value is -2.82. The minimum absolute atomic E-state index is 0.0383. The number of benzene rings is 2. The number of hydrogen-bond donors (Lipinski definition) is 1. The molecule has 0 saturated heterocycles. The molecule has 29 heavy (non-hydrogen) atoms. The van der Waals surface area contributed by atoms with Gasteiger partial charge >= 0.3 is 0 Å². The van der Waals surface area contributed by atoms with Crippen LogP contribution in [0.2, 0.25) is 0 Å². The van der Waals surface area contributed by atoms with Gasteiger partial charge in [0.25, 0.3) is 15.9 Å². The molecule has 0 unspecified atom stereocenters. The van der Waals surface area contributed by atoms with E-state index in [4.69, 9.17) is 0 Å². The van der Waals surface area contributed by atoms with Gasteiger partial charge in [0.2, 0.25) is 9.84 Å². The van der Waals surface area contributed by atoms with Crippen molar-refractivity contribution >= 4 is 42.9 Å². The van der Waals surface area contributed by atoms with Crippen molar-refractivity contribution in [2.75, 3.05) is 0 Å². The van der Waals surface area contributed by atoms with Crippen LogP contribution in [0.5, 0.6) is 0 Å². The molecule has 0 atom stereocenters. The molecule has 150 valence electrons. The Bertz CT molecular complexity index is 1280. The van der Waals surface area contributed by atoms with Gasteiger partial charge in [-0.25, -0.2) is 21.6 Å². The Kier molecular flexibility index (Phi) is 5.69. The van der Waals surface area contributed by atoms with Crippen LogP contribution in [-0.2, 0) is 19.9 Å². The summed E-state index contributed by atoms with van der Waals surface area (Å²) in [5.41, 5.74) is 0.436. The van der Waals surface area contributed by atoms with Crippen LogP contribution in [0.1, 0.15) is 27.6 Å². The van der Waals surface area contributed by atoms with E-state index >= 15 is 0 Å². The fraction of sp³-hybridized carbons (Fsp3) is 0.0526. The van der Waals surface area contributed by atoms with Crippen LogP contribution in [-0.4, -0.2) is 28.5 Å². The van der Waals surface area contributed by atoms with Crippen LogP contribution in [0, 0.1) is 0 Å². The topological polar surface area (TPSA) is 114 Å². The van der Waals surface area contributed by atoms with Crippen LogP contribution in [0.15, 0.2) is 80.0 Å². The fourth-order valence-electron chi connectivity index (χ4n) is 2.41. The summed E-state index contributed by atoms with van der Waals surface area (Å²) in [6.45, 7) is 1.37. The van der Waals surface area contributed by atoms with Gasteiger partial charge in [-0.15, -0.1) is 11.3 Å². The second-order valence-electron chi connectivity index (χ2n) is 5.99. The summed E-state index contributed by atoms with van der Waals surface area (Å²) in [6.07, 6.45) is 0. The Morgan fingerprint density at radius 3 is 2.00 bits per heavy atom. The van der Waals surface area contributed by atoms with Crippen molar-refractivity contribution in [3.8, 4) is 0 Å². The Labute approximate surface area is 172 Å². The van der Waals surface area contributed by atoms with Crippen molar-refractivity contribution in [3.05, 3.63) is 77.2 Å². The van der Waals surface area contributed by atoms with Crippen LogP contribution in [0.25, 0.3) is 0 Å². The van der Waals surface area contributed by atoms with E-state index < -0.39 is 25.8 Å². The summed E-state index contributed by atoms with van der Waals surface area (Å²) < 4.78 is 51.8. The van der Waals surface area contributed by atoms with Gasteiger partial charge < -0.3 is 0 Å². The van der Waals surface area contributed by atoms with Gasteiger partial charge in [0.05, 0.1) is 9.79 Å². The van der Waals surface area contributed by atoms with E-state index in [2.05, 4.69) is 0 Å². The molecule has 0 saturated carbocycles. The first-order valence-corrected chi connectivity index (χ1v) is 12.0. The third-order valence-electron chi connectivity index (χ3n) is 3.96. The second kappa shape index (κ2) is 7.90. The third-order valence-corrected chi connectivity index (χ3v) is 8.63. The highest BCUT2D eigenvalue weighted by molar-refractivity contribution is 7.93. The predicted molar refractivity (Wildman–Crippen MR) is 107 cm³/mol. The number of ketones is 1. The number of rotatable bonds is 6. The van der Waals surface area contributed by atoms with Crippen molar-refractivity contribution in [1.29, 1.82) is 0 Å². The molecule has 7 nitrogen and oxygen atoms in total. The molecular formula is C19H15NO6S3. The van der Waals surface area contributed by atoms with E-state index in [0.717, 1.165) is 6.07 Å². The minimum Gasteiger partial charge on any atom is -0.295 e. The highest BCUT2D eigenvalue weighted by Crippen LogP contribution is 2.28. The van der Waals surface area contributed by atoms with Crippen molar-refractivity contribution in [2.45, 2.75) is 20.9 Å². The zero-order valence-electron chi connectivity index (χ0n) is 15.0. The van der Waals surface area contributed by atoms with Crippen LogP contribution < -0.4 is 4.72 Å². The van der Waals surface area contributed by atoms with Crippen LogP contribution in [0.3, 0.4) is 0 Å². The average molecular weight is 450 g/mol. The maximum absolute atomic E-state index is 12.6. The lowest BCUT2D eigenvalue weighted by molar-refractivity contribution is 0.0977. The number of amides is 1. The fourth-order valence-corrected chi connectivity index (χ4v) is 6.28. The summed E-state index contributed by atoms with van der Waals surface area (Å²) in [7, 11) is -8.14. The standard InChI is InChI=1S/C19H15NO6S3/c1-13(21)14-7-9-15(10-8-14)19(22)20-29(25,26)18-11-17(12-27-18)28(23,24)16-5-3-2-4-6-16/h2-12H,1H3,(H,20,22). The van der Waals surface area contributed by atoms with E-state index in [1.54, 1.807) is 18.2 Å². The lowest BCUT2D eigenvalue weighted by Gasteiger charge is -2.05. The molecule has 0 aliphatic carbocycles. The Balaban J connectivity index is 1.84.